The van der Waals surface area contributed by atoms with E-state index in [4.69, 9.17) is 32.4 Å². The first kappa shape index (κ1) is 20.0. The summed E-state index contributed by atoms with van der Waals surface area (Å²) in [5.74, 6) is -0.268. The second-order valence-electron chi connectivity index (χ2n) is 7.04. The summed E-state index contributed by atoms with van der Waals surface area (Å²) < 4.78 is 11.5. The summed E-state index contributed by atoms with van der Waals surface area (Å²) in [6.07, 6.45) is 2.00. The topological polar surface area (TPSA) is 63.8 Å². The third-order valence-corrected chi connectivity index (χ3v) is 5.50. The zero-order valence-electron chi connectivity index (χ0n) is 15.9. The Balaban J connectivity index is 1.76. The van der Waals surface area contributed by atoms with E-state index >= 15 is 0 Å². The van der Waals surface area contributed by atoms with Crippen molar-refractivity contribution in [1.29, 1.82) is 0 Å². The van der Waals surface area contributed by atoms with Crippen LogP contribution in [0.4, 0.5) is 5.69 Å². The van der Waals surface area contributed by atoms with Gasteiger partial charge in [-0.15, -0.1) is 0 Å². The van der Waals surface area contributed by atoms with E-state index in [2.05, 4.69) is 10.3 Å². The van der Waals surface area contributed by atoms with Crippen molar-refractivity contribution in [3.63, 3.8) is 0 Å². The first-order chi connectivity index (χ1) is 14.0. The molecule has 0 radical (unpaired) electrons. The Morgan fingerprint density at radius 2 is 2.07 bits per heavy atom. The van der Waals surface area contributed by atoms with Gasteiger partial charge in [0.15, 0.2) is 0 Å². The predicted molar refractivity (Wildman–Crippen MR) is 114 cm³/mol. The van der Waals surface area contributed by atoms with Gasteiger partial charge in [0.2, 0.25) is 5.55 Å². The van der Waals surface area contributed by atoms with Gasteiger partial charge in [-0.3, -0.25) is 4.79 Å². The number of carbonyl (C=O) groups excluding carboxylic acids is 1. The van der Waals surface area contributed by atoms with E-state index in [0.29, 0.717) is 33.4 Å². The Bertz CT molecular complexity index is 1130. The van der Waals surface area contributed by atoms with Gasteiger partial charge in [-0.05, 0) is 67.8 Å². The summed E-state index contributed by atoms with van der Waals surface area (Å²) in [6.45, 7) is 3.09. The highest BCUT2D eigenvalue weighted by atomic mass is 35.5. The van der Waals surface area contributed by atoms with Gasteiger partial charge in [0.1, 0.15) is 11.1 Å². The quantitative estimate of drug-likeness (QED) is 0.619. The summed E-state index contributed by atoms with van der Waals surface area (Å²) >= 11 is 12.2. The first-order valence-electron chi connectivity index (χ1n) is 9.44. The number of amides is 1. The van der Waals surface area contributed by atoms with Crippen molar-refractivity contribution in [2.24, 2.45) is 4.99 Å². The molecule has 2 aromatic carbocycles. The van der Waals surface area contributed by atoms with E-state index in [1.807, 2.05) is 13.0 Å². The number of ether oxygens (including phenoxy) is 1. The average Bonchev–Trinajstić information content (AvgIpc) is 3.22. The molecule has 5 nitrogen and oxygen atoms in total. The number of fused-ring (bicyclic) bond motifs is 1. The third kappa shape index (κ3) is 4.64. The molecule has 0 saturated carbocycles. The predicted octanol–water partition coefficient (Wildman–Crippen LogP) is 5.19. The Labute approximate surface area is 178 Å². The number of nitrogens with zero attached hydrogens (tertiary/aromatic N) is 1. The highest BCUT2D eigenvalue weighted by molar-refractivity contribution is 6.31. The Morgan fingerprint density at radius 1 is 1.21 bits per heavy atom. The summed E-state index contributed by atoms with van der Waals surface area (Å²) in [4.78, 5) is 17.5. The van der Waals surface area contributed by atoms with E-state index in [-0.39, 0.29) is 17.6 Å². The van der Waals surface area contributed by atoms with Crippen LogP contribution in [0.15, 0.2) is 51.9 Å². The monoisotopic (exact) mass is 430 g/mol. The van der Waals surface area contributed by atoms with E-state index < -0.39 is 0 Å². The van der Waals surface area contributed by atoms with Crippen LogP contribution in [0.2, 0.25) is 10.0 Å². The van der Waals surface area contributed by atoms with Crippen molar-refractivity contribution in [1.82, 2.24) is 5.32 Å². The van der Waals surface area contributed by atoms with Gasteiger partial charge in [0, 0.05) is 28.6 Å². The minimum atomic E-state index is -0.268. The molecule has 1 aliphatic rings. The molecule has 29 heavy (non-hydrogen) atoms. The second-order valence-corrected chi connectivity index (χ2v) is 7.88. The summed E-state index contributed by atoms with van der Waals surface area (Å²) in [5.41, 5.74) is 2.70. The summed E-state index contributed by atoms with van der Waals surface area (Å²) in [7, 11) is 0. The molecule has 4 rings (SSSR count). The van der Waals surface area contributed by atoms with E-state index in [1.165, 1.54) is 0 Å². The molecule has 1 aliphatic heterocycles. The maximum Gasteiger partial charge on any atom is 0.256 e. The summed E-state index contributed by atoms with van der Waals surface area (Å²) in [6, 6.07) is 12.4. The number of rotatable bonds is 4. The molecule has 1 fully saturated rings. The molecule has 1 N–H and O–H groups in total. The highest BCUT2D eigenvalue weighted by Gasteiger charge is 2.18. The van der Waals surface area contributed by atoms with Gasteiger partial charge in [-0.25, -0.2) is 4.99 Å². The van der Waals surface area contributed by atoms with Gasteiger partial charge in [0.05, 0.1) is 11.8 Å². The fraction of sp³-hybridized carbons (Fsp3) is 0.273. The molecule has 0 unspecified atom stereocenters. The van der Waals surface area contributed by atoms with Crippen LogP contribution < -0.4 is 10.9 Å². The van der Waals surface area contributed by atoms with Crippen LogP contribution in [0.25, 0.3) is 11.0 Å². The lowest BCUT2D eigenvalue weighted by Gasteiger charge is -2.11. The number of aryl methyl sites for hydroxylation is 1. The molecule has 3 aromatic rings. The lowest BCUT2D eigenvalue weighted by Crippen LogP contribution is -2.34. The number of hydrogen-bond donors (Lipinski definition) is 1. The molecule has 1 amide bonds. The molecule has 1 atom stereocenters. The minimum absolute atomic E-state index is 0.0464. The number of nitrogens with one attached hydrogen (secondary N) is 1. The molecular formula is C22H20Cl2N2O3. The molecule has 150 valence electrons. The van der Waals surface area contributed by atoms with E-state index in [0.717, 1.165) is 30.4 Å². The maximum atomic E-state index is 12.9. The normalized spacial score (nSPS) is 17.1. The third-order valence-electron chi connectivity index (χ3n) is 4.84. The number of benzene rings is 2. The molecule has 7 heteroatoms. The van der Waals surface area contributed by atoms with Crippen molar-refractivity contribution in [2.75, 3.05) is 13.2 Å². The molecule has 1 aromatic heterocycles. The smallest absolute Gasteiger partial charge is 0.256 e. The molecule has 1 saturated heterocycles. The maximum absolute atomic E-state index is 12.9. The van der Waals surface area contributed by atoms with Crippen molar-refractivity contribution < 1.29 is 13.9 Å². The van der Waals surface area contributed by atoms with Gasteiger partial charge in [0.25, 0.3) is 5.91 Å². The van der Waals surface area contributed by atoms with Gasteiger partial charge >= 0.3 is 0 Å². The van der Waals surface area contributed by atoms with Crippen LogP contribution in [0.1, 0.15) is 28.8 Å². The minimum Gasteiger partial charge on any atom is -0.438 e. The fourth-order valence-corrected chi connectivity index (χ4v) is 3.57. The molecule has 2 heterocycles. The molecule has 0 spiro atoms. The van der Waals surface area contributed by atoms with Crippen LogP contribution >= 0.6 is 23.2 Å². The lowest BCUT2D eigenvalue weighted by molar-refractivity contribution is 0.0854. The molecule has 0 bridgehead atoms. The fourth-order valence-electron chi connectivity index (χ4n) is 3.27. The highest BCUT2D eigenvalue weighted by Crippen LogP contribution is 2.22. The van der Waals surface area contributed by atoms with Gasteiger partial charge in [-0.2, -0.15) is 0 Å². The van der Waals surface area contributed by atoms with Gasteiger partial charge in [-0.1, -0.05) is 23.2 Å². The average molecular weight is 431 g/mol. The Kier molecular flexibility index (Phi) is 5.90. The Hall–Kier alpha value is -2.34. The van der Waals surface area contributed by atoms with Crippen LogP contribution in [0.5, 0.6) is 0 Å². The lowest BCUT2D eigenvalue weighted by atomic mass is 10.1. The zero-order chi connectivity index (χ0) is 20.4. The van der Waals surface area contributed by atoms with Gasteiger partial charge < -0.3 is 14.5 Å². The number of hydrogen-bond acceptors (Lipinski definition) is 4. The Morgan fingerprint density at radius 3 is 2.83 bits per heavy atom. The zero-order valence-corrected chi connectivity index (χ0v) is 17.4. The van der Waals surface area contributed by atoms with E-state index in [1.54, 1.807) is 36.4 Å². The molecular weight excluding hydrogens is 411 g/mol. The molecule has 0 aliphatic carbocycles. The van der Waals surface area contributed by atoms with Crippen LogP contribution in [0, 0.1) is 6.92 Å². The number of carbonyl (C=O) groups is 1. The first-order valence-corrected chi connectivity index (χ1v) is 10.2. The standard InChI is InChI=1S/C22H20Cl2N2O3/c1-13-9-16(5-6-19(13)24)26-22-18(21(27)25-12-17-3-2-8-28-17)11-14-10-15(23)4-7-20(14)29-22/h4-7,9-11,17H,2-3,8,12H2,1H3,(H,25,27)/t17-/m0/s1. The summed E-state index contributed by atoms with van der Waals surface area (Å²) in [5, 5.41) is 4.88. The largest absolute Gasteiger partial charge is 0.438 e. The van der Waals surface area contributed by atoms with Crippen molar-refractivity contribution >= 4 is 45.8 Å². The second kappa shape index (κ2) is 8.57. The van der Waals surface area contributed by atoms with Crippen LogP contribution in [0.3, 0.4) is 0 Å². The number of halogens is 2. The van der Waals surface area contributed by atoms with Crippen molar-refractivity contribution in [2.45, 2.75) is 25.9 Å². The van der Waals surface area contributed by atoms with Crippen molar-refractivity contribution in [3.8, 4) is 0 Å². The van der Waals surface area contributed by atoms with Crippen molar-refractivity contribution in [3.05, 3.63) is 69.2 Å². The van der Waals surface area contributed by atoms with Crippen LogP contribution in [-0.4, -0.2) is 25.2 Å². The van der Waals surface area contributed by atoms with E-state index in [9.17, 15) is 4.79 Å². The van der Waals surface area contributed by atoms with Crippen LogP contribution in [-0.2, 0) is 4.74 Å². The SMILES string of the molecule is Cc1cc(N=c2oc3ccc(Cl)cc3cc2C(=O)NC[C@@H]2CCCO2)ccc1Cl.